The minimum atomic E-state index is -0.240. The average molecular weight is 326 g/mol. The predicted octanol–water partition coefficient (Wildman–Crippen LogP) is 3.03. The maximum absolute atomic E-state index is 12.7. The lowest BCUT2D eigenvalue weighted by molar-refractivity contribution is -0.134. The molecule has 3 rings (SSSR count). The van der Waals surface area contributed by atoms with E-state index in [2.05, 4.69) is 6.07 Å². The molecule has 2 aliphatic rings. The van der Waals surface area contributed by atoms with Crippen LogP contribution in [-0.2, 0) is 11.2 Å². The molecule has 1 aromatic rings. The van der Waals surface area contributed by atoms with E-state index in [4.69, 9.17) is 5.26 Å². The summed E-state index contributed by atoms with van der Waals surface area (Å²) in [6, 6.07) is 9.80. The van der Waals surface area contributed by atoms with E-state index >= 15 is 0 Å². The fourth-order valence-corrected chi connectivity index (χ4v) is 4.28. The van der Waals surface area contributed by atoms with Crippen molar-refractivity contribution in [1.29, 1.82) is 5.26 Å². The third-order valence-corrected chi connectivity index (χ3v) is 5.61. The Labute approximate surface area is 144 Å². The van der Waals surface area contributed by atoms with Gasteiger partial charge in [0.2, 0.25) is 5.91 Å². The zero-order valence-electron chi connectivity index (χ0n) is 14.2. The van der Waals surface area contributed by atoms with Crippen LogP contribution in [0.1, 0.15) is 56.1 Å². The fraction of sp³-hybridized carbons (Fsp3) is 0.600. The molecule has 1 saturated heterocycles. The van der Waals surface area contributed by atoms with Crippen LogP contribution in [0.5, 0.6) is 0 Å². The number of benzene rings is 1. The molecule has 0 bridgehead atoms. The lowest BCUT2D eigenvalue weighted by Crippen LogP contribution is -2.45. The lowest BCUT2D eigenvalue weighted by Gasteiger charge is -2.37. The Hall–Kier alpha value is -1.86. The third-order valence-electron chi connectivity index (χ3n) is 5.61. The molecular formula is C20H26N2O2. The summed E-state index contributed by atoms with van der Waals surface area (Å²) in [4.78, 5) is 14.7. The number of aliphatic hydroxyl groups is 1. The molecule has 2 fully saturated rings. The van der Waals surface area contributed by atoms with E-state index < -0.39 is 0 Å². The number of hydrogen-bond donors (Lipinski definition) is 1. The average Bonchev–Trinajstić information content (AvgIpc) is 3.10. The van der Waals surface area contributed by atoms with E-state index in [-0.39, 0.29) is 24.0 Å². The van der Waals surface area contributed by atoms with Crippen LogP contribution in [0.4, 0.5) is 0 Å². The molecule has 0 unspecified atom stereocenters. The van der Waals surface area contributed by atoms with Crippen LogP contribution in [0.3, 0.4) is 0 Å². The monoisotopic (exact) mass is 326 g/mol. The first kappa shape index (κ1) is 17.0. The quantitative estimate of drug-likeness (QED) is 0.925. The highest BCUT2D eigenvalue weighted by Crippen LogP contribution is 2.35. The summed E-state index contributed by atoms with van der Waals surface area (Å²) in [5.74, 6) is 0.472. The Morgan fingerprint density at radius 2 is 1.92 bits per heavy atom. The molecule has 24 heavy (non-hydrogen) atoms. The molecule has 4 nitrogen and oxygen atoms in total. The number of nitrogens with zero attached hydrogens (tertiary/aromatic N) is 2. The van der Waals surface area contributed by atoms with E-state index in [1.54, 1.807) is 12.1 Å². The Balaban J connectivity index is 1.58. The summed E-state index contributed by atoms with van der Waals surface area (Å²) in [5, 5.41) is 19.2. The van der Waals surface area contributed by atoms with Crippen molar-refractivity contribution in [2.24, 2.45) is 5.92 Å². The molecule has 1 saturated carbocycles. The SMILES string of the molecule is N#Cc1ccc(CCC(=O)N2CCC[C@@H]2[C@H]2CCCC[C@@H]2O)cc1. The van der Waals surface area contributed by atoms with Gasteiger partial charge in [-0.1, -0.05) is 25.0 Å². The van der Waals surface area contributed by atoms with E-state index in [1.807, 2.05) is 17.0 Å². The van der Waals surface area contributed by atoms with Crippen LogP contribution in [0.15, 0.2) is 24.3 Å². The van der Waals surface area contributed by atoms with Gasteiger partial charge in [-0.25, -0.2) is 0 Å². The Bertz CT molecular complexity index is 605. The van der Waals surface area contributed by atoms with Gasteiger partial charge in [0.05, 0.1) is 17.7 Å². The van der Waals surface area contributed by atoms with Gasteiger partial charge in [-0.05, 0) is 49.8 Å². The van der Waals surface area contributed by atoms with Crippen LogP contribution in [0, 0.1) is 17.2 Å². The normalized spacial score (nSPS) is 27.0. The Morgan fingerprint density at radius 1 is 1.17 bits per heavy atom. The van der Waals surface area contributed by atoms with Crippen molar-refractivity contribution < 1.29 is 9.90 Å². The zero-order chi connectivity index (χ0) is 16.9. The van der Waals surface area contributed by atoms with Gasteiger partial charge in [0, 0.05) is 24.9 Å². The first-order chi connectivity index (χ1) is 11.7. The molecule has 1 aliphatic heterocycles. The molecule has 1 amide bonds. The van der Waals surface area contributed by atoms with Crippen LogP contribution < -0.4 is 0 Å². The van der Waals surface area contributed by atoms with Crippen molar-refractivity contribution in [3.8, 4) is 6.07 Å². The molecule has 1 aromatic carbocycles. The number of hydrogen-bond acceptors (Lipinski definition) is 3. The number of likely N-dealkylation sites (tertiary alicyclic amines) is 1. The highest BCUT2D eigenvalue weighted by molar-refractivity contribution is 5.77. The van der Waals surface area contributed by atoms with Crippen molar-refractivity contribution in [3.05, 3.63) is 35.4 Å². The molecule has 3 atom stereocenters. The second-order valence-electron chi connectivity index (χ2n) is 7.12. The van der Waals surface area contributed by atoms with E-state index in [0.717, 1.165) is 44.2 Å². The predicted molar refractivity (Wildman–Crippen MR) is 92.2 cm³/mol. The molecule has 128 valence electrons. The van der Waals surface area contributed by atoms with Crippen molar-refractivity contribution >= 4 is 5.91 Å². The smallest absolute Gasteiger partial charge is 0.223 e. The van der Waals surface area contributed by atoms with Crippen LogP contribution in [0.2, 0.25) is 0 Å². The van der Waals surface area contributed by atoms with E-state index in [0.29, 0.717) is 18.4 Å². The number of rotatable bonds is 4. The molecule has 4 heteroatoms. The summed E-state index contributed by atoms with van der Waals surface area (Å²) >= 11 is 0. The van der Waals surface area contributed by atoms with Gasteiger partial charge >= 0.3 is 0 Å². The standard InChI is InChI=1S/C20H26N2O2/c21-14-16-9-7-15(8-10-16)11-12-20(24)22-13-3-5-18(22)17-4-1-2-6-19(17)23/h7-10,17-19,23H,1-6,11-13H2/t17-,18-,19+/m1/s1. The van der Waals surface area contributed by atoms with Gasteiger partial charge in [-0.2, -0.15) is 5.26 Å². The minimum absolute atomic E-state index is 0.208. The highest BCUT2D eigenvalue weighted by atomic mass is 16.3. The van der Waals surface area contributed by atoms with E-state index in [9.17, 15) is 9.90 Å². The number of aliphatic hydroxyl groups excluding tert-OH is 1. The van der Waals surface area contributed by atoms with Crippen LogP contribution in [0.25, 0.3) is 0 Å². The van der Waals surface area contributed by atoms with Crippen LogP contribution in [-0.4, -0.2) is 34.6 Å². The molecular weight excluding hydrogens is 300 g/mol. The third kappa shape index (κ3) is 3.79. The summed E-state index contributed by atoms with van der Waals surface area (Å²) in [6.45, 7) is 0.833. The van der Waals surface area contributed by atoms with Gasteiger partial charge in [0.1, 0.15) is 0 Å². The fourth-order valence-electron chi connectivity index (χ4n) is 4.28. The molecule has 1 aliphatic carbocycles. The van der Waals surface area contributed by atoms with Gasteiger partial charge in [0.25, 0.3) is 0 Å². The summed E-state index contributed by atoms with van der Waals surface area (Å²) in [7, 11) is 0. The van der Waals surface area contributed by atoms with Gasteiger partial charge in [-0.3, -0.25) is 4.79 Å². The first-order valence-corrected chi connectivity index (χ1v) is 9.15. The largest absolute Gasteiger partial charge is 0.393 e. The van der Waals surface area contributed by atoms with E-state index in [1.165, 1.54) is 6.42 Å². The summed E-state index contributed by atoms with van der Waals surface area (Å²) in [5.41, 5.74) is 1.74. The first-order valence-electron chi connectivity index (χ1n) is 9.15. The maximum Gasteiger partial charge on any atom is 0.223 e. The molecule has 1 N–H and O–H groups in total. The second-order valence-corrected chi connectivity index (χ2v) is 7.12. The summed E-state index contributed by atoms with van der Waals surface area (Å²) in [6.07, 6.45) is 7.27. The van der Waals surface area contributed by atoms with Crippen molar-refractivity contribution in [3.63, 3.8) is 0 Å². The topological polar surface area (TPSA) is 64.3 Å². The van der Waals surface area contributed by atoms with Crippen molar-refractivity contribution in [2.45, 2.75) is 63.5 Å². The highest BCUT2D eigenvalue weighted by Gasteiger charge is 2.38. The van der Waals surface area contributed by atoms with Crippen molar-refractivity contribution in [1.82, 2.24) is 4.90 Å². The number of nitriles is 1. The molecule has 0 spiro atoms. The zero-order valence-corrected chi connectivity index (χ0v) is 14.2. The summed E-state index contributed by atoms with van der Waals surface area (Å²) < 4.78 is 0. The van der Waals surface area contributed by atoms with Crippen LogP contribution >= 0.6 is 0 Å². The number of carbonyl (C=O) groups excluding carboxylic acids is 1. The van der Waals surface area contributed by atoms with Gasteiger partial charge in [-0.15, -0.1) is 0 Å². The van der Waals surface area contributed by atoms with Gasteiger partial charge < -0.3 is 10.0 Å². The van der Waals surface area contributed by atoms with Gasteiger partial charge in [0.15, 0.2) is 0 Å². The second kappa shape index (κ2) is 7.81. The van der Waals surface area contributed by atoms with Crippen molar-refractivity contribution in [2.75, 3.05) is 6.54 Å². The molecule has 0 aromatic heterocycles. The number of carbonyl (C=O) groups is 1. The maximum atomic E-state index is 12.7. The molecule has 0 radical (unpaired) electrons. The lowest BCUT2D eigenvalue weighted by atomic mass is 9.80. The Kier molecular flexibility index (Phi) is 5.52. The number of amides is 1. The Morgan fingerprint density at radius 3 is 2.62 bits per heavy atom. The number of aryl methyl sites for hydroxylation is 1. The molecule has 1 heterocycles. The minimum Gasteiger partial charge on any atom is -0.393 e.